The number of nitrogens with zero attached hydrogens (tertiary/aromatic N) is 1. The normalized spacial score (nSPS) is 12.1. The first-order chi connectivity index (χ1) is 15.2. The summed E-state index contributed by atoms with van der Waals surface area (Å²) < 4.78 is 21.7. The predicted octanol–water partition coefficient (Wildman–Crippen LogP) is 3.67. The van der Waals surface area contributed by atoms with Crippen LogP contribution in [0.5, 0.6) is 17.2 Å². The molecular formula is C23H21NO6S. The third kappa shape index (κ3) is 5.55. The van der Waals surface area contributed by atoms with Gasteiger partial charge >= 0.3 is 5.97 Å². The second-order valence-corrected chi connectivity index (χ2v) is 7.68. The van der Waals surface area contributed by atoms with Crippen LogP contribution < -0.4 is 19.1 Å². The average molecular weight is 439 g/mol. The zero-order chi connectivity index (χ0) is 21.5. The Hall–Kier alpha value is -3.52. The van der Waals surface area contributed by atoms with Crippen LogP contribution in [0.4, 0.5) is 5.69 Å². The maximum absolute atomic E-state index is 13.0. The van der Waals surface area contributed by atoms with E-state index in [4.69, 9.17) is 18.9 Å². The molecule has 1 aliphatic rings. The van der Waals surface area contributed by atoms with Crippen molar-refractivity contribution in [3.05, 3.63) is 70.9 Å². The summed E-state index contributed by atoms with van der Waals surface area (Å²) >= 11 is 1.54. The predicted molar refractivity (Wildman–Crippen MR) is 116 cm³/mol. The number of hydrogen-bond acceptors (Lipinski definition) is 7. The number of benzene rings is 2. The summed E-state index contributed by atoms with van der Waals surface area (Å²) in [6.45, 7) is 0.636. The number of para-hydroxylation sites is 1. The number of anilines is 1. The van der Waals surface area contributed by atoms with Gasteiger partial charge in [0.15, 0.2) is 24.7 Å². The molecule has 1 amide bonds. The van der Waals surface area contributed by atoms with Gasteiger partial charge in [0.2, 0.25) is 0 Å². The fourth-order valence-corrected chi connectivity index (χ4v) is 3.70. The molecule has 2 heterocycles. The summed E-state index contributed by atoms with van der Waals surface area (Å²) in [6, 6.07) is 18.1. The Bertz CT molecular complexity index is 1020. The second-order valence-electron chi connectivity index (χ2n) is 6.65. The smallest absolute Gasteiger partial charge is 0.344 e. The van der Waals surface area contributed by atoms with Crippen LogP contribution in [-0.4, -0.2) is 38.3 Å². The quantitative estimate of drug-likeness (QED) is 0.499. The summed E-state index contributed by atoms with van der Waals surface area (Å²) in [6.07, 6.45) is 0. The second kappa shape index (κ2) is 9.99. The summed E-state index contributed by atoms with van der Waals surface area (Å²) in [5.74, 6) is 0.818. The Morgan fingerprint density at radius 1 is 0.935 bits per heavy atom. The van der Waals surface area contributed by atoms with Crippen molar-refractivity contribution >= 4 is 28.9 Å². The Labute approximate surface area is 183 Å². The lowest BCUT2D eigenvalue weighted by Gasteiger charge is -2.25. The fourth-order valence-electron chi connectivity index (χ4n) is 3.00. The zero-order valence-electron chi connectivity index (χ0n) is 16.7. The molecule has 160 valence electrons. The number of rotatable bonds is 8. The highest BCUT2D eigenvalue weighted by Gasteiger charge is 2.21. The lowest BCUT2D eigenvalue weighted by atomic mass is 10.2. The van der Waals surface area contributed by atoms with Crippen LogP contribution in [0.25, 0.3) is 0 Å². The zero-order valence-corrected chi connectivity index (χ0v) is 17.5. The maximum atomic E-state index is 13.0. The minimum absolute atomic E-state index is 0.272. The number of carbonyl (C=O) groups is 2. The molecule has 2 aromatic carbocycles. The van der Waals surface area contributed by atoms with Crippen LogP contribution in [0.1, 0.15) is 4.88 Å². The van der Waals surface area contributed by atoms with E-state index in [0.717, 1.165) is 4.88 Å². The summed E-state index contributed by atoms with van der Waals surface area (Å²) in [5, 5.41) is 1.95. The topological polar surface area (TPSA) is 74.3 Å². The van der Waals surface area contributed by atoms with Gasteiger partial charge in [0.05, 0.1) is 6.54 Å². The van der Waals surface area contributed by atoms with E-state index in [1.165, 1.54) is 0 Å². The number of carbonyl (C=O) groups excluding carboxylic acids is 2. The van der Waals surface area contributed by atoms with E-state index in [2.05, 4.69) is 0 Å². The van der Waals surface area contributed by atoms with Gasteiger partial charge in [-0.1, -0.05) is 24.3 Å². The van der Waals surface area contributed by atoms with E-state index < -0.39 is 12.6 Å². The highest BCUT2D eigenvalue weighted by molar-refractivity contribution is 7.09. The van der Waals surface area contributed by atoms with Crippen molar-refractivity contribution in [1.82, 2.24) is 0 Å². The largest absolute Gasteiger partial charge is 0.486 e. The SMILES string of the molecule is O=C(COc1ccccc1)OCC(=O)N(Cc1cccs1)c1ccc2c(c1)OCCO2. The van der Waals surface area contributed by atoms with Crippen molar-refractivity contribution < 1.29 is 28.5 Å². The molecule has 0 spiro atoms. The van der Waals surface area contributed by atoms with Crippen LogP contribution in [0.15, 0.2) is 66.0 Å². The monoisotopic (exact) mass is 439 g/mol. The van der Waals surface area contributed by atoms with E-state index >= 15 is 0 Å². The first-order valence-electron chi connectivity index (χ1n) is 9.75. The van der Waals surface area contributed by atoms with Gasteiger partial charge in [0.25, 0.3) is 5.91 Å². The molecule has 0 bridgehead atoms. The maximum Gasteiger partial charge on any atom is 0.344 e. The molecule has 0 saturated heterocycles. The van der Waals surface area contributed by atoms with E-state index in [-0.39, 0.29) is 12.5 Å². The molecule has 8 heteroatoms. The molecule has 31 heavy (non-hydrogen) atoms. The number of thiophene rings is 1. The molecule has 0 radical (unpaired) electrons. The highest BCUT2D eigenvalue weighted by Crippen LogP contribution is 2.34. The first kappa shape index (κ1) is 20.7. The van der Waals surface area contributed by atoms with Crippen molar-refractivity contribution in [1.29, 1.82) is 0 Å². The van der Waals surface area contributed by atoms with Crippen molar-refractivity contribution in [3.8, 4) is 17.2 Å². The Morgan fingerprint density at radius 3 is 2.52 bits per heavy atom. The van der Waals surface area contributed by atoms with Gasteiger partial charge in [-0.15, -0.1) is 11.3 Å². The molecule has 1 aromatic heterocycles. The molecule has 0 atom stereocenters. The van der Waals surface area contributed by atoms with Gasteiger partial charge in [-0.3, -0.25) is 4.79 Å². The van der Waals surface area contributed by atoms with Crippen molar-refractivity contribution in [2.75, 3.05) is 31.3 Å². The van der Waals surface area contributed by atoms with Crippen molar-refractivity contribution in [3.63, 3.8) is 0 Å². The number of esters is 1. The number of ether oxygens (including phenoxy) is 4. The van der Waals surface area contributed by atoms with Gasteiger partial charge in [-0.05, 0) is 35.7 Å². The number of fused-ring (bicyclic) bond motifs is 1. The Kier molecular flexibility index (Phi) is 6.68. The van der Waals surface area contributed by atoms with Crippen LogP contribution in [0, 0.1) is 0 Å². The van der Waals surface area contributed by atoms with E-state index in [0.29, 0.717) is 42.7 Å². The standard InChI is InChI=1S/C23H21NO6S/c25-22(15-30-23(26)16-29-18-5-2-1-3-6-18)24(14-19-7-4-12-31-19)17-8-9-20-21(13-17)28-11-10-27-20/h1-9,12-13H,10-11,14-16H2. The lowest BCUT2D eigenvalue weighted by molar-refractivity contribution is -0.149. The van der Waals surface area contributed by atoms with Crippen LogP contribution in [0.2, 0.25) is 0 Å². The summed E-state index contributed by atoms with van der Waals surface area (Å²) in [7, 11) is 0. The third-order valence-corrected chi connectivity index (χ3v) is 5.35. The Balaban J connectivity index is 1.41. The number of amides is 1. The first-order valence-corrected chi connectivity index (χ1v) is 10.6. The van der Waals surface area contributed by atoms with Crippen LogP contribution in [0.3, 0.4) is 0 Å². The molecule has 4 rings (SSSR count). The van der Waals surface area contributed by atoms with Crippen molar-refractivity contribution in [2.24, 2.45) is 0 Å². The molecule has 7 nitrogen and oxygen atoms in total. The van der Waals surface area contributed by atoms with Crippen LogP contribution in [-0.2, 0) is 20.9 Å². The molecule has 0 saturated carbocycles. The lowest BCUT2D eigenvalue weighted by Crippen LogP contribution is -2.34. The molecule has 3 aromatic rings. The Morgan fingerprint density at radius 2 is 1.74 bits per heavy atom. The van der Waals surface area contributed by atoms with Crippen LogP contribution >= 0.6 is 11.3 Å². The van der Waals surface area contributed by atoms with E-state index in [1.807, 2.05) is 23.6 Å². The van der Waals surface area contributed by atoms with Gasteiger partial charge < -0.3 is 23.8 Å². The third-order valence-electron chi connectivity index (χ3n) is 4.49. The average Bonchev–Trinajstić information content (AvgIpc) is 3.33. The van der Waals surface area contributed by atoms with Crippen molar-refractivity contribution in [2.45, 2.75) is 6.54 Å². The van der Waals surface area contributed by atoms with E-state index in [1.54, 1.807) is 58.7 Å². The summed E-state index contributed by atoms with van der Waals surface area (Å²) in [4.78, 5) is 27.6. The summed E-state index contributed by atoms with van der Waals surface area (Å²) in [5.41, 5.74) is 0.638. The molecule has 0 fully saturated rings. The fraction of sp³-hybridized carbons (Fsp3) is 0.217. The minimum atomic E-state index is -0.615. The number of hydrogen-bond donors (Lipinski definition) is 0. The minimum Gasteiger partial charge on any atom is -0.486 e. The van der Waals surface area contributed by atoms with E-state index in [9.17, 15) is 9.59 Å². The van der Waals surface area contributed by atoms with Gasteiger partial charge in [0.1, 0.15) is 19.0 Å². The van der Waals surface area contributed by atoms with Gasteiger partial charge in [-0.25, -0.2) is 4.79 Å². The molecule has 0 N–H and O–H groups in total. The van der Waals surface area contributed by atoms with Gasteiger partial charge in [0, 0.05) is 16.6 Å². The highest BCUT2D eigenvalue weighted by atomic mass is 32.1. The molecular weight excluding hydrogens is 418 g/mol. The molecule has 0 aliphatic carbocycles. The van der Waals surface area contributed by atoms with Gasteiger partial charge in [-0.2, -0.15) is 0 Å². The molecule has 0 unspecified atom stereocenters. The molecule has 1 aliphatic heterocycles.